The number of rotatable bonds is 7. The van der Waals surface area contributed by atoms with Gasteiger partial charge in [-0.05, 0) is 75.3 Å². The summed E-state index contributed by atoms with van der Waals surface area (Å²) in [6.07, 6.45) is 4.59. The molecule has 2 N–H and O–H groups in total. The minimum atomic E-state index is -0.0977. The lowest BCUT2D eigenvalue weighted by Gasteiger charge is -2.33. The fourth-order valence-corrected chi connectivity index (χ4v) is 4.57. The number of nitrogen functional groups attached to an aromatic ring is 1. The normalized spacial score (nSPS) is 17.1. The third kappa shape index (κ3) is 6.70. The Morgan fingerprint density at radius 1 is 1.03 bits per heavy atom. The van der Waals surface area contributed by atoms with Crippen LogP contribution in [0.2, 0.25) is 0 Å². The zero-order valence-electron chi connectivity index (χ0n) is 21.4. The summed E-state index contributed by atoms with van der Waals surface area (Å²) in [6.45, 7) is 8.08. The van der Waals surface area contributed by atoms with Gasteiger partial charge in [0.15, 0.2) is 5.78 Å². The van der Waals surface area contributed by atoms with Crippen molar-refractivity contribution in [2.45, 2.75) is 72.0 Å². The highest BCUT2D eigenvalue weighted by atomic mass is 16.5. The Kier molecular flexibility index (Phi) is 9.20. The van der Waals surface area contributed by atoms with Crippen molar-refractivity contribution in [3.05, 3.63) is 59.3 Å². The largest absolute Gasteiger partial charge is 0.486 e. The first kappa shape index (κ1) is 26.9. The summed E-state index contributed by atoms with van der Waals surface area (Å²) in [5.41, 5.74) is 10.5. The number of Topliss-reactive ketones (excluding diaryl/α,β-unsaturated/α-hetero) is 1. The van der Waals surface area contributed by atoms with Crippen molar-refractivity contribution in [3.63, 3.8) is 0 Å². The first-order valence-electron chi connectivity index (χ1n) is 12.4. The zero-order chi connectivity index (χ0) is 26.2. The molecule has 0 spiro atoms. The Balaban J connectivity index is 0.00000115. The van der Waals surface area contributed by atoms with E-state index in [2.05, 4.69) is 18.8 Å². The van der Waals surface area contributed by atoms with Gasteiger partial charge in [0.2, 0.25) is 0 Å². The predicted molar refractivity (Wildman–Crippen MR) is 138 cm³/mol. The zero-order valence-corrected chi connectivity index (χ0v) is 21.4. The highest BCUT2D eigenvalue weighted by Gasteiger charge is 2.30. The molecular formula is C29H34N2O5. The number of hydrogen-bond acceptors (Lipinski definition) is 7. The molecule has 1 aliphatic rings. The number of hydrogen-bond donors (Lipinski definition) is 1. The van der Waals surface area contributed by atoms with Gasteiger partial charge in [-0.25, -0.2) is 0 Å². The van der Waals surface area contributed by atoms with E-state index in [4.69, 9.17) is 24.8 Å². The van der Waals surface area contributed by atoms with Crippen molar-refractivity contribution >= 4 is 28.5 Å². The van der Waals surface area contributed by atoms with Crippen molar-refractivity contribution in [2.75, 3.05) is 5.73 Å². The van der Waals surface area contributed by atoms with Crippen LogP contribution in [-0.2, 0) is 9.59 Å². The lowest BCUT2D eigenvalue weighted by atomic mass is 9.94. The van der Waals surface area contributed by atoms with Gasteiger partial charge in [-0.1, -0.05) is 32.0 Å². The van der Waals surface area contributed by atoms with Gasteiger partial charge < -0.3 is 15.2 Å². The van der Waals surface area contributed by atoms with Gasteiger partial charge in [0.25, 0.3) is 0 Å². The molecular weight excluding hydrogens is 456 g/mol. The molecule has 4 rings (SSSR count). The van der Waals surface area contributed by atoms with E-state index in [9.17, 15) is 4.79 Å². The summed E-state index contributed by atoms with van der Waals surface area (Å²) in [4.78, 5) is 33.5. The van der Waals surface area contributed by atoms with Gasteiger partial charge in [-0.2, -0.15) is 9.59 Å². The topological polar surface area (TPSA) is 109 Å². The summed E-state index contributed by atoms with van der Waals surface area (Å²) >= 11 is 0. The Bertz CT molecular complexity index is 1250. The Labute approximate surface area is 212 Å². The van der Waals surface area contributed by atoms with Crippen LogP contribution in [0, 0.1) is 19.8 Å². The second-order valence-corrected chi connectivity index (χ2v) is 9.68. The number of carbonyl (C=O) groups is 1. The molecule has 190 valence electrons. The lowest BCUT2D eigenvalue weighted by Crippen LogP contribution is -2.39. The average Bonchev–Trinajstić information content (AvgIpc) is 2.81. The quantitative estimate of drug-likeness (QED) is 0.414. The van der Waals surface area contributed by atoms with Crippen molar-refractivity contribution in [2.24, 2.45) is 5.92 Å². The van der Waals surface area contributed by atoms with E-state index >= 15 is 0 Å². The number of fused-ring (bicyclic) bond motifs is 1. The van der Waals surface area contributed by atoms with Crippen molar-refractivity contribution in [1.29, 1.82) is 0 Å². The number of nitrogens with two attached hydrogens (primary N) is 1. The maximum Gasteiger partial charge on any atom is 0.373 e. The van der Waals surface area contributed by atoms with E-state index < -0.39 is 0 Å². The summed E-state index contributed by atoms with van der Waals surface area (Å²) in [5, 5.41) is 0.852. The number of aryl methyl sites for hydroxylation is 2. The maximum atomic E-state index is 12.6. The van der Waals surface area contributed by atoms with E-state index in [-0.39, 0.29) is 24.1 Å². The van der Waals surface area contributed by atoms with E-state index in [0.717, 1.165) is 59.3 Å². The number of nitrogens with zero attached hydrogens (tertiary/aromatic N) is 1. The first-order chi connectivity index (χ1) is 17.2. The van der Waals surface area contributed by atoms with Gasteiger partial charge in [-0.3, -0.25) is 9.78 Å². The van der Waals surface area contributed by atoms with E-state index in [0.29, 0.717) is 23.6 Å². The molecule has 0 aliphatic heterocycles. The number of aromatic nitrogens is 1. The molecule has 0 saturated heterocycles. The first-order valence-corrected chi connectivity index (χ1v) is 12.4. The van der Waals surface area contributed by atoms with Crippen LogP contribution in [0.5, 0.6) is 11.5 Å². The van der Waals surface area contributed by atoms with Gasteiger partial charge >= 0.3 is 6.15 Å². The molecule has 0 unspecified atom stereocenters. The van der Waals surface area contributed by atoms with Crippen LogP contribution in [0.3, 0.4) is 0 Å². The Hall–Kier alpha value is -3.70. The number of ether oxygens (including phenoxy) is 2. The molecule has 0 bridgehead atoms. The fraction of sp³-hybridized carbons (Fsp3) is 0.414. The summed E-state index contributed by atoms with van der Waals surface area (Å²) < 4.78 is 13.0. The van der Waals surface area contributed by atoms with E-state index in [1.807, 2.05) is 56.3 Å². The number of carbonyl (C=O) groups excluding carboxylic acids is 3. The number of ketones is 1. The summed E-state index contributed by atoms with van der Waals surface area (Å²) in [5.74, 6) is 1.99. The van der Waals surface area contributed by atoms with Gasteiger partial charge in [-0.15, -0.1) is 0 Å². The van der Waals surface area contributed by atoms with Crippen LogP contribution in [-0.4, -0.2) is 29.1 Å². The van der Waals surface area contributed by atoms with Crippen LogP contribution in [0.4, 0.5) is 5.69 Å². The van der Waals surface area contributed by atoms with Crippen LogP contribution < -0.4 is 15.2 Å². The molecule has 1 heterocycles. The second-order valence-electron chi connectivity index (χ2n) is 9.68. The SMILES string of the molecule is Cc1cc(N)c2c(O[C@@H]3CCCC[C@H]3Oc3cc(C(=O)CC(C)C)ccc3C)cccc2n1.O=C=O. The number of anilines is 1. The van der Waals surface area contributed by atoms with Crippen molar-refractivity contribution < 1.29 is 23.9 Å². The van der Waals surface area contributed by atoms with Crippen LogP contribution in [0.15, 0.2) is 42.5 Å². The van der Waals surface area contributed by atoms with Crippen molar-refractivity contribution in [1.82, 2.24) is 4.98 Å². The fourth-order valence-electron chi connectivity index (χ4n) is 4.57. The highest BCUT2D eigenvalue weighted by molar-refractivity contribution is 5.97. The summed E-state index contributed by atoms with van der Waals surface area (Å²) in [6, 6.07) is 13.5. The summed E-state index contributed by atoms with van der Waals surface area (Å²) in [7, 11) is 0. The van der Waals surface area contributed by atoms with Crippen LogP contribution in [0.1, 0.15) is 67.6 Å². The average molecular weight is 491 g/mol. The molecule has 0 radical (unpaired) electrons. The van der Waals surface area contributed by atoms with Gasteiger partial charge in [0.05, 0.1) is 10.9 Å². The molecule has 7 nitrogen and oxygen atoms in total. The van der Waals surface area contributed by atoms with E-state index in [1.54, 1.807) is 0 Å². The molecule has 1 saturated carbocycles. The molecule has 36 heavy (non-hydrogen) atoms. The predicted octanol–water partition coefficient (Wildman–Crippen LogP) is 5.85. The second kappa shape index (κ2) is 12.3. The monoisotopic (exact) mass is 490 g/mol. The molecule has 2 aromatic carbocycles. The molecule has 3 aromatic rings. The van der Waals surface area contributed by atoms with Gasteiger partial charge in [0, 0.05) is 23.4 Å². The minimum absolute atomic E-state index is 0.0946. The lowest BCUT2D eigenvalue weighted by molar-refractivity contribution is -0.191. The number of pyridine rings is 1. The number of benzene rings is 2. The molecule has 2 atom stereocenters. The van der Waals surface area contributed by atoms with Crippen LogP contribution >= 0.6 is 0 Å². The Morgan fingerprint density at radius 2 is 1.67 bits per heavy atom. The third-order valence-corrected chi connectivity index (χ3v) is 6.26. The molecule has 1 fully saturated rings. The Morgan fingerprint density at radius 3 is 2.31 bits per heavy atom. The smallest absolute Gasteiger partial charge is 0.373 e. The van der Waals surface area contributed by atoms with E-state index in [1.165, 1.54) is 0 Å². The molecule has 0 amide bonds. The third-order valence-electron chi connectivity index (χ3n) is 6.26. The standard InChI is InChI=1S/C28H34N2O3.CO2/c1-17(2)14-23(31)20-13-12-18(3)27(16-20)33-25-10-6-5-9-24(25)32-26-11-7-8-22-28(26)21(29)15-19(4)30-22;2-1-3/h7-8,11-13,15-17,24-25H,5-6,9-10,14H2,1-4H3,(H2,29,30);/t24-,25-;/m1./s1. The molecule has 1 aromatic heterocycles. The highest BCUT2D eigenvalue weighted by Crippen LogP contribution is 2.35. The molecule has 1 aliphatic carbocycles. The maximum absolute atomic E-state index is 12.6. The minimum Gasteiger partial charge on any atom is -0.486 e. The van der Waals surface area contributed by atoms with Crippen molar-refractivity contribution in [3.8, 4) is 11.5 Å². The van der Waals surface area contributed by atoms with Gasteiger partial charge in [0.1, 0.15) is 23.7 Å². The van der Waals surface area contributed by atoms with Crippen LogP contribution in [0.25, 0.3) is 10.9 Å². The molecule has 7 heteroatoms.